The molecule has 6 heteroatoms. The molecule has 170 valence electrons. The standard InChI is InChI=1S/C27H29N3O3/c1-29-18-28-25-10-9-21(14-26(25)29)20-6-3-7-23(13-20)33-17-22(31)15-30-12-11-19-5-4-8-27(32-2)24(19)16-30/h3-10,13-14,18,22,31H,11-12,15-17H2,1-2H3. The number of hydrogen-bond acceptors (Lipinski definition) is 5. The maximum Gasteiger partial charge on any atom is 0.123 e. The summed E-state index contributed by atoms with van der Waals surface area (Å²) < 4.78 is 13.5. The SMILES string of the molecule is COc1cccc2c1CN(CC(O)COc1cccc(-c3ccc4ncn(C)c4c3)c1)CC2. The van der Waals surface area contributed by atoms with Crippen molar-refractivity contribution < 1.29 is 14.6 Å². The lowest BCUT2D eigenvalue weighted by Gasteiger charge is -2.31. The van der Waals surface area contributed by atoms with Crippen molar-refractivity contribution in [2.75, 3.05) is 26.8 Å². The van der Waals surface area contributed by atoms with Crippen LogP contribution in [0.3, 0.4) is 0 Å². The number of hydrogen-bond donors (Lipinski definition) is 1. The summed E-state index contributed by atoms with van der Waals surface area (Å²) in [5, 5.41) is 10.6. The van der Waals surface area contributed by atoms with Gasteiger partial charge in [0.15, 0.2) is 0 Å². The van der Waals surface area contributed by atoms with Crippen molar-refractivity contribution in [3.8, 4) is 22.6 Å². The van der Waals surface area contributed by atoms with Gasteiger partial charge in [-0.15, -0.1) is 0 Å². The van der Waals surface area contributed by atoms with Gasteiger partial charge < -0.3 is 19.1 Å². The lowest BCUT2D eigenvalue weighted by Crippen LogP contribution is -2.39. The van der Waals surface area contributed by atoms with Gasteiger partial charge in [0, 0.05) is 32.2 Å². The molecule has 3 aromatic carbocycles. The number of β-amino-alcohol motifs (C(OH)–C–C–N with tert-alkyl or cyclic N) is 1. The molecule has 0 saturated heterocycles. The Balaban J connectivity index is 1.21. The van der Waals surface area contributed by atoms with Gasteiger partial charge in [0.2, 0.25) is 0 Å². The maximum absolute atomic E-state index is 10.6. The van der Waals surface area contributed by atoms with Crippen LogP contribution in [0.1, 0.15) is 11.1 Å². The molecule has 0 bridgehead atoms. The molecule has 0 amide bonds. The third-order valence-electron chi connectivity index (χ3n) is 6.33. The Morgan fingerprint density at radius 2 is 1.91 bits per heavy atom. The van der Waals surface area contributed by atoms with E-state index in [0.717, 1.165) is 53.2 Å². The Kier molecular flexibility index (Phi) is 6.03. The van der Waals surface area contributed by atoms with Gasteiger partial charge in [-0.3, -0.25) is 4.90 Å². The second-order valence-corrected chi connectivity index (χ2v) is 8.63. The minimum Gasteiger partial charge on any atom is -0.496 e. The number of imidazole rings is 1. The highest BCUT2D eigenvalue weighted by Crippen LogP contribution is 2.29. The van der Waals surface area contributed by atoms with Crippen LogP contribution in [-0.4, -0.2) is 52.5 Å². The van der Waals surface area contributed by atoms with Crippen LogP contribution < -0.4 is 9.47 Å². The molecule has 1 N–H and O–H groups in total. The van der Waals surface area contributed by atoms with Gasteiger partial charge in [-0.1, -0.05) is 30.3 Å². The second kappa shape index (κ2) is 9.25. The Hall–Kier alpha value is -3.35. The van der Waals surface area contributed by atoms with E-state index in [9.17, 15) is 5.11 Å². The van der Waals surface area contributed by atoms with Crippen molar-refractivity contribution in [2.24, 2.45) is 7.05 Å². The van der Waals surface area contributed by atoms with Crippen LogP contribution in [0.25, 0.3) is 22.2 Å². The molecule has 6 nitrogen and oxygen atoms in total. The number of aromatic nitrogens is 2. The first-order valence-electron chi connectivity index (χ1n) is 11.3. The van der Waals surface area contributed by atoms with Crippen LogP contribution in [-0.2, 0) is 20.0 Å². The van der Waals surface area contributed by atoms with E-state index in [2.05, 4.69) is 34.1 Å². The van der Waals surface area contributed by atoms with Crippen LogP contribution in [0.2, 0.25) is 0 Å². The molecule has 33 heavy (non-hydrogen) atoms. The number of aliphatic hydroxyl groups excluding tert-OH is 1. The molecule has 0 aliphatic carbocycles. The second-order valence-electron chi connectivity index (χ2n) is 8.63. The normalized spacial score (nSPS) is 14.8. The average Bonchev–Trinajstić information content (AvgIpc) is 3.22. The van der Waals surface area contributed by atoms with Gasteiger partial charge in [-0.05, 0) is 53.4 Å². The summed E-state index contributed by atoms with van der Waals surface area (Å²) in [5.41, 5.74) is 6.81. The number of aliphatic hydroxyl groups is 1. The predicted octanol–water partition coefficient (Wildman–Crippen LogP) is 4.05. The highest BCUT2D eigenvalue weighted by molar-refractivity contribution is 5.82. The lowest BCUT2D eigenvalue weighted by atomic mass is 9.98. The van der Waals surface area contributed by atoms with E-state index in [1.54, 1.807) is 7.11 Å². The molecule has 1 unspecified atom stereocenters. The van der Waals surface area contributed by atoms with Crippen molar-refractivity contribution in [2.45, 2.75) is 19.1 Å². The lowest BCUT2D eigenvalue weighted by molar-refractivity contribution is 0.0634. The molecule has 1 aliphatic heterocycles. The summed E-state index contributed by atoms with van der Waals surface area (Å²) in [7, 11) is 3.71. The number of benzene rings is 3. The van der Waals surface area contributed by atoms with E-state index in [0.29, 0.717) is 6.54 Å². The Morgan fingerprint density at radius 1 is 1.06 bits per heavy atom. The van der Waals surface area contributed by atoms with Gasteiger partial charge in [0.25, 0.3) is 0 Å². The van der Waals surface area contributed by atoms with E-state index in [4.69, 9.17) is 9.47 Å². The van der Waals surface area contributed by atoms with Crippen molar-refractivity contribution in [3.05, 3.63) is 78.1 Å². The third kappa shape index (κ3) is 4.58. The van der Waals surface area contributed by atoms with Gasteiger partial charge in [0.05, 0.1) is 24.5 Å². The molecule has 4 aromatic rings. The van der Waals surface area contributed by atoms with Crippen LogP contribution in [0.5, 0.6) is 11.5 Å². The molecule has 1 aromatic heterocycles. The Morgan fingerprint density at radius 3 is 2.79 bits per heavy atom. The third-order valence-corrected chi connectivity index (χ3v) is 6.33. The summed E-state index contributed by atoms with van der Waals surface area (Å²) in [6.45, 7) is 2.51. The molecule has 2 heterocycles. The average molecular weight is 444 g/mol. The highest BCUT2D eigenvalue weighted by Gasteiger charge is 2.21. The fraction of sp³-hybridized carbons (Fsp3) is 0.296. The van der Waals surface area contributed by atoms with Gasteiger partial charge >= 0.3 is 0 Å². The molecule has 1 atom stereocenters. The molecule has 0 fully saturated rings. The molecule has 0 radical (unpaired) electrons. The van der Waals surface area contributed by atoms with E-state index in [1.165, 1.54) is 11.1 Å². The number of nitrogens with zero attached hydrogens (tertiary/aromatic N) is 3. The summed E-state index contributed by atoms with van der Waals surface area (Å²) in [4.78, 5) is 6.65. The molecule has 0 spiro atoms. The topological polar surface area (TPSA) is 59.8 Å². The number of aryl methyl sites for hydroxylation is 1. The number of methoxy groups -OCH3 is 1. The smallest absolute Gasteiger partial charge is 0.123 e. The first-order valence-corrected chi connectivity index (χ1v) is 11.3. The van der Waals surface area contributed by atoms with Crippen molar-refractivity contribution in [1.82, 2.24) is 14.5 Å². The first-order chi connectivity index (χ1) is 16.1. The molecule has 0 saturated carbocycles. The number of rotatable bonds is 7. The zero-order chi connectivity index (χ0) is 22.8. The minimum atomic E-state index is -0.573. The molecular formula is C27H29N3O3. The number of ether oxygens (including phenoxy) is 2. The zero-order valence-electron chi connectivity index (χ0n) is 19.1. The van der Waals surface area contributed by atoms with E-state index in [-0.39, 0.29) is 6.61 Å². The summed E-state index contributed by atoms with van der Waals surface area (Å²) >= 11 is 0. The first kappa shape index (κ1) is 21.5. The monoisotopic (exact) mass is 443 g/mol. The summed E-state index contributed by atoms with van der Waals surface area (Å²) in [6.07, 6.45) is 2.21. The Bertz CT molecular complexity index is 1250. The van der Waals surface area contributed by atoms with Gasteiger partial charge in [0.1, 0.15) is 24.2 Å². The minimum absolute atomic E-state index is 0.250. The van der Waals surface area contributed by atoms with Gasteiger partial charge in [-0.25, -0.2) is 4.98 Å². The quantitative estimate of drug-likeness (QED) is 0.467. The maximum atomic E-state index is 10.6. The van der Waals surface area contributed by atoms with Crippen molar-refractivity contribution in [3.63, 3.8) is 0 Å². The largest absolute Gasteiger partial charge is 0.496 e. The van der Waals surface area contributed by atoms with Crippen molar-refractivity contribution >= 4 is 11.0 Å². The fourth-order valence-corrected chi connectivity index (χ4v) is 4.57. The summed E-state index contributed by atoms with van der Waals surface area (Å²) in [6, 6.07) is 20.5. The van der Waals surface area contributed by atoms with E-state index in [1.807, 2.05) is 54.3 Å². The predicted molar refractivity (Wildman–Crippen MR) is 130 cm³/mol. The van der Waals surface area contributed by atoms with Crippen molar-refractivity contribution in [1.29, 1.82) is 0 Å². The van der Waals surface area contributed by atoms with E-state index < -0.39 is 6.10 Å². The van der Waals surface area contributed by atoms with Gasteiger partial charge in [-0.2, -0.15) is 0 Å². The summed E-state index contributed by atoms with van der Waals surface area (Å²) in [5.74, 6) is 1.67. The zero-order valence-corrected chi connectivity index (χ0v) is 19.1. The van der Waals surface area contributed by atoms with Crippen LogP contribution in [0, 0.1) is 0 Å². The van der Waals surface area contributed by atoms with E-state index >= 15 is 0 Å². The number of fused-ring (bicyclic) bond motifs is 2. The Labute approximate surface area is 194 Å². The fourth-order valence-electron chi connectivity index (χ4n) is 4.57. The van der Waals surface area contributed by atoms with Crippen LogP contribution in [0.15, 0.2) is 67.0 Å². The van der Waals surface area contributed by atoms with Crippen LogP contribution >= 0.6 is 0 Å². The highest BCUT2D eigenvalue weighted by atomic mass is 16.5. The molecule has 1 aliphatic rings. The molecule has 5 rings (SSSR count). The van der Waals surface area contributed by atoms with Crippen LogP contribution in [0.4, 0.5) is 0 Å². The molecular weight excluding hydrogens is 414 g/mol.